The van der Waals surface area contributed by atoms with Crippen LogP contribution in [0.25, 0.3) is 0 Å². The zero-order valence-electron chi connectivity index (χ0n) is 11.7. The summed E-state index contributed by atoms with van der Waals surface area (Å²) < 4.78 is 0. The van der Waals surface area contributed by atoms with Crippen LogP contribution in [0.3, 0.4) is 0 Å². The highest BCUT2D eigenvalue weighted by Gasteiger charge is 2.24. The Balaban J connectivity index is 2.45. The minimum atomic E-state index is 0.514. The number of nitrogens with two attached hydrogens (primary N) is 1. The Morgan fingerprint density at radius 2 is 2.26 bits per heavy atom. The monoisotopic (exact) mass is 294 g/mol. The average Bonchev–Trinajstić information content (AvgIpc) is 2.46. The van der Waals surface area contributed by atoms with E-state index in [4.69, 9.17) is 18.0 Å². The first-order valence-electron chi connectivity index (χ1n) is 6.92. The van der Waals surface area contributed by atoms with Crippen LogP contribution in [0.15, 0.2) is 23.1 Å². The molecule has 1 heterocycles. The Morgan fingerprint density at radius 3 is 2.89 bits per heavy atom. The molecule has 0 amide bonds. The summed E-state index contributed by atoms with van der Waals surface area (Å²) in [5.41, 5.74) is 8.26. The lowest BCUT2D eigenvalue weighted by molar-refractivity contribution is 0.449. The highest BCUT2D eigenvalue weighted by molar-refractivity contribution is 7.98. The second-order valence-electron chi connectivity index (χ2n) is 4.97. The molecule has 2 N–H and O–H groups in total. The van der Waals surface area contributed by atoms with Crippen molar-refractivity contribution >= 4 is 34.7 Å². The molecule has 0 spiro atoms. The molecule has 2 rings (SSSR count). The van der Waals surface area contributed by atoms with E-state index in [9.17, 15) is 0 Å². The molecule has 1 unspecified atom stereocenters. The predicted octanol–water partition coefficient (Wildman–Crippen LogP) is 3.81. The Hall–Kier alpha value is -0.740. The number of hydrogen-bond acceptors (Lipinski definition) is 3. The van der Waals surface area contributed by atoms with Gasteiger partial charge in [-0.1, -0.05) is 25.2 Å². The largest absolute Gasteiger partial charge is 0.389 e. The van der Waals surface area contributed by atoms with Crippen molar-refractivity contribution in [3.05, 3.63) is 23.8 Å². The van der Waals surface area contributed by atoms with E-state index >= 15 is 0 Å². The molecular weight excluding hydrogens is 272 g/mol. The fourth-order valence-corrected chi connectivity index (χ4v) is 3.83. The summed E-state index contributed by atoms with van der Waals surface area (Å²) in [4.78, 5) is 4.21. The van der Waals surface area contributed by atoms with Gasteiger partial charge in [-0.05, 0) is 44.1 Å². The summed E-state index contributed by atoms with van der Waals surface area (Å²) in [7, 11) is 0. The van der Waals surface area contributed by atoms with Gasteiger partial charge in [0.15, 0.2) is 0 Å². The van der Waals surface area contributed by atoms with Gasteiger partial charge in [0.2, 0.25) is 0 Å². The smallest absolute Gasteiger partial charge is 0.107 e. The van der Waals surface area contributed by atoms with Crippen LogP contribution in [0.4, 0.5) is 5.69 Å². The molecule has 4 heteroatoms. The van der Waals surface area contributed by atoms with Crippen LogP contribution < -0.4 is 10.6 Å². The van der Waals surface area contributed by atoms with Crippen LogP contribution in [-0.4, -0.2) is 23.8 Å². The van der Waals surface area contributed by atoms with Gasteiger partial charge in [-0.2, -0.15) is 0 Å². The van der Waals surface area contributed by atoms with Crippen molar-refractivity contribution < 1.29 is 0 Å². The molecule has 1 atom stereocenters. The Morgan fingerprint density at radius 1 is 1.47 bits per heavy atom. The van der Waals surface area contributed by atoms with E-state index in [2.05, 4.69) is 36.3 Å². The van der Waals surface area contributed by atoms with Crippen LogP contribution in [0.2, 0.25) is 0 Å². The van der Waals surface area contributed by atoms with Crippen molar-refractivity contribution in [3.63, 3.8) is 0 Å². The normalized spacial score (nSPS) is 19.5. The number of nitrogens with zero attached hydrogens (tertiary/aromatic N) is 1. The lowest BCUT2D eigenvalue weighted by atomic mass is 9.98. The number of anilines is 1. The van der Waals surface area contributed by atoms with E-state index in [1.54, 1.807) is 11.8 Å². The molecule has 1 saturated heterocycles. The Kier molecular flexibility index (Phi) is 5.11. The van der Waals surface area contributed by atoms with Crippen molar-refractivity contribution in [2.24, 2.45) is 5.73 Å². The van der Waals surface area contributed by atoms with Gasteiger partial charge in [0.25, 0.3) is 0 Å². The second-order valence-corrected chi connectivity index (χ2v) is 6.26. The van der Waals surface area contributed by atoms with Crippen LogP contribution in [-0.2, 0) is 0 Å². The molecule has 0 bridgehead atoms. The Bertz CT molecular complexity index is 459. The number of hydrogen-bond donors (Lipinski definition) is 1. The van der Waals surface area contributed by atoms with Crippen molar-refractivity contribution in [2.75, 3.05) is 17.7 Å². The van der Waals surface area contributed by atoms with E-state index in [1.807, 2.05) is 0 Å². The second kappa shape index (κ2) is 6.62. The quantitative estimate of drug-likeness (QED) is 0.675. The molecule has 0 aromatic heterocycles. The molecule has 1 aliphatic heterocycles. The van der Waals surface area contributed by atoms with E-state index < -0.39 is 0 Å². The minimum absolute atomic E-state index is 0.514. The summed E-state index contributed by atoms with van der Waals surface area (Å²) in [5.74, 6) is 0. The first-order valence-corrected chi connectivity index (χ1v) is 8.55. The standard InChI is InChI=1S/C15H22N2S2/c1-3-11-7-4-5-10-17(11)12-8-6-9-13(19-2)14(12)15(16)18/h6,8-9,11H,3-5,7,10H2,1-2H3,(H2,16,18). The maximum absolute atomic E-state index is 5.98. The summed E-state index contributed by atoms with van der Waals surface area (Å²) in [6.07, 6.45) is 7.13. The van der Waals surface area contributed by atoms with Crippen molar-refractivity contribution in [3.8, 4) is 0 Å². The van der Waals surface area contributed by atoms with Gasteiger partial charge in [-0.3, -0.25) is 0 Å². The van der Waals surface area contributed by atoms with Crippen LogP contribution >= 0.6 is 24.0 Å². The van der Waals surface area contributed by atoms with Gasteiger partial charge in [0, 0.05) is 28.7 Å². The molecule has 19 heavy (non-hydrogen) atoms. The SMILES string of the molecule is CCC1CCCCN1c1cccc(SC)c1C(N)=S. The fourth-order valence-electron chi connectivity index (χ4n) is 2.92. The van der Waals surface area contributed by atoms with Crippen molar-refractivity contribution in [2.45, 2.75) is 43.5 Å². The van der Waals surface area contributed by atoms with Gasteiger partial charge in [-0.15, -0.1) is 11.8 Å². The molecule has 1 aromatic rings. The van der Waals surface area contributed by atoms with Crippen LogP contribution in [0.1, 0.15) is 38.2 Å². The molecule has 1 aliphatic rings. The first-order chi connectivity index (χ1) is 9.19. The van der Waals surface area contributed by atoms with E-state index in [0.717, 1.165) is 12.1 Å². The minimum Gasteiger partial charge on any atom is -0.389 e. The number of thiocarbonyl (C=S) groups is 1. The van der Waals surface area contributed by atoms with Gasteiger partial charge in [0.1, 0.15) is 4.99 Å². The summed E-state index contributed by atoms with van der Waals surface area (Å²) in [6, 6.07) is 7.01. The van der Waals surface area contributed by atoms with E-state index in [-0.39, 0.29) is 0 Å². The molecule has 0 saturated carbocycles. The van der Waals surface area contributed by atoms with E-state index in [0.29, 0.717) is 11.0 Å². The third kappa shape index (κ3) is 3.06. The van der Waals surface area contributed by atoms with Gasteiger partial charge in [0.05, 0.1) is 0 Å². The lowest BCUT2D eigenvalue weighted by Gasteiger charge is -2.38. The summed E-state index contributed by atoms with van der Waals surface area (Å²) in [6.45, 7) is 3.38. The third-order valence-electron chi connectivity index (χ3n) is 3.88. The fraction of sp³-hybridized carbons (Fsp3) is 0.533. The molecule has 0 radical (unpaired) electrons. The van der Waals surface area contributed by atoms with Crippen molar-refractivity contribution in [1.82, 2.24) is 0 Å². The number of piperidine rings is 1. The van der Waals surface area contributed by atoms with Gasteiger partial charge >= 0.3 is 0 Å². The van der Waals surface area contributed by atoms with Crippen molar-refractivity contribution in [1.29, 1.82) is 0 Å². The summed E-state index contributed by atoms with van der Waals surface area (Å²) >= 11 is 7.00. The topological polar surface area (TPSA) is 29.3 Å². The van der Waals surface area contributed by atoms with Crippen LogP contribution in [0, 0.1) is 0 Å². The summed E-state index contributed by atoms with van der Waals surface area (Å²) in [5, 5.41) is 0. The maximum Gasteiger partial charge on any atom is 0.107 e. The Labute approximate surface area is 125 Å². The molecule has 104 valence electrons. The number of benzene rings is 1. The highest BCUT2D eigenvalue weighted by Crippen LogP contribution is 2.34. The maximum atomic E-state index is 5.98. The zero-order chi connectivity index (χ0) is 13.8. The number of rotatable bonds is 4. The predicted molar refractivity (Wildman–Crippen MR) is 89.4 cm³/mol. The zero-order valence-corrected chi connectivity index (χ0v) is 13.3. The van der Waals surface area contributed by atoms with E-state index in [1.165, 1.54) is 36.3 Å². The molecule has 1 fully saturated rings. The molecule has 0 aliphatic carbocycles. The van der Waals surface area contributed by atoms with Gasteiger partial charge < -0.3 is 10.6 Å². The van der Waals surface area contributed by atoms with Crippen LogP contribution in [0.5, 0.6) is 0 Å². The first kappa shape index (κ1) is 14.7. The highest BCUT2D eigenvalue weighted by atomic mass is 32.2. The third-order valence-corrected chi connectivity index (χ3v) is 4.86. The number of thioether (sulfide) groups is 1. The molecular formula is C15H22N2S2. The van der Waals surface area contributed by atoms with Gasteiger partial charge in [-0.25, -0.2) is 0 Å². The molecule has 1 aromatic carbocycles. The lowest BCUT2D eigenvalue weighted by Crippen LogP contribution is -2.40. The molecule has 2 nitrogen and oxygen atoms in total. The average molecular weight is 294 g/mol.